The van der Waals surface area contributed by atoms with Crippen LogP contribution in [0, 0.1) is 5.82 Å². The first-order valence-electron chi connectivity index (χ1n) is 11.8. The quantitative estimate of drug-likeness (QED) is 0.159. The highest BCUT2D eigenvalue weighted by atomic mass is 32.2. The van der Waals surface area contributed by atoms with Crippen LogP contribution in [0.2, 0.25) is 0 Å². The molecule has 0 atom stereocenters. The summed E-state index contributed by atoms with van der Waals surface area (Å²) in [6, 6.07) is 9.26. The van der Waals surface area contributed by atoms with Crippen molar-refractivity contribution in [1.29, 1.82) is 0 Å². The largest absolute Gasteiger partial charge is 0.493 e. The summed E-state index contributed by atoms with van der Waals surface area (Å²) < 4.78 is 21.1. The molecular formula is C27H21FN4O6S2. The van der Waals surface area contributed by atoms with Crippen LogP contribution in [0.5, 0.6) is 5.88 Å². The van der Waals surface area contributed by atoms with Gasteiger partial charge >= 0.3 is 11.9 Å². The molecule has 5 rings (SSSR count). The number of amidine groups is 1. The number of aromatic carboxylic acids is 1. The van der Waals surface area contributed by atoms with Gasteiger partial charge in [-0.15, -0.1) is 22.0 Å². The number of nitrogens with zero attached hydrogens (tertiary/aromatic N) is 4. The summed E-state index contributed by atoms with van der Waals surface area (Å²) >= 11 is 2.13. The zero-order valence-electron chi connectivity index (χ0n) is 21.3. The van der Waals surface area contributed by atoms with Crippen molar-refractivity contribution in [2.45, 2.75) is 24.3 Å². The summed E-state index contributed by atoms with van der Waals surface area (Å²) in [4.78, 5) is 39.6. The van der Waals surface area contributed by atoms with E-state index in [0.717, 1.165) is 23.4 Å². The van der Waals surface area contributed by atoms with E-state index in [-0.39, 0.29) is 27.2 Å². The zero-order valence-corrected chi connectivity index (χ0v) is 23.0. The fourth-order valence-corrected chi connectivity index (χ4v) is 6.30. The van der Waals surface area contributed by atoms with Crippen molar-refractivity contribution >= 4 is 68.7 Å². The van der Waals surface area contributed by atoms with Crippen molar-refractivity contribution in [2.75, 3.05) is 12.9 Å². The third-order valence-corrected chi connectivity index (χ3v) is 8.21. The van der Waals surface area contributed by atoms with E-state index in [4.69, 9.17) is 0 Å². The molecule has 204 valence electrons. The van der Waals surface area contributed by atoms with Gasteiger partial charge in [0.2, 0.25) is 11.0 Å². The second kappa shape index (κ2) is 10.4. The highest BCUT2D eigenvalue weighted by Gasteiger charge is 2.34. The summed E-state index contributed by atoms with van der Waals surface area (Å²) in [6.45, 7) is 3.74. The fraction of sp³-hybridized carbons (Fsp3) is 0.185. The summed E-state index contributed by atoms with van der Waals surface area (Å²) in [6.07, 6.45) is 2.89. The molecule has 1 amide bonds. The summed E-state index contributed by atoms with van der Waals surface area (Å²) in [5.41, 5.74) is 1.21. The number of carboxylic acids is 1. The Hall–Kier alpha value is -4.23. The number of aliphatic imine (C=N–C) groups is 1. The van der Waals surface area contributed by atoms with Crippen molar-refractivity contribution in [2.24, 2.45) is 15.2 Å². The van der Waals surface area contributed by atoms with Crippen LogP contribution in [-0.4, -0.2) is 50.7 Å². The van der Waals surface area contributed by atoms with Gasteiger partial charge < -0.3 is 19.5 Å². The van der Waals surface area contributed by atoms with Crippen LogP contribution >= 0.6 is 23.5 Å². The number of ether oxygens (including phenoxy) is 1. The molecule has 0 fully saturated rings. The number of hydrogen-bond donors (Lipinski definition) is 2. The first-order valence-corrected chi connectivity index (χ1v) is 13.6. The number of esters is 1. The number of carboxylic acid groups (broad SMARTS) is 1. The highest BCUT2D eigenvalue weighted by Crippen LogP contribution is 2.49. The number of azo groups is 1. The van der Waals surface area contributed by atoms with E-state index in [1.165, 1.54) is 37.1 Å². The lowest BCUT2D eigenvalue weighted by Gasteiger charge is -2.31. The van der Waals surface area contributed by atoms with E-state index in [9.17, 15) is 29.0 Å². The van der Waals surface area contributed by atoms with Crippen LogP contribution in [0.15, 0.2) is 73.6 Å². The Morgan fingerprint density at radius 2 is 2.00 bits per heavy atom. The molecule has 0 aliphatic carbocycles. The summed E-state index contributed by atoms with van der Waals surface area (Å²) in [5.74, 6) is -2.91. The molecule has 3 aromatic rings. The third-order valence-electron chi connectivity index (χ3n) is 6.22. The lowest BCUT2D eigenvalue weighted by molar-refractivity contribution is -0.135. The third kappa shape index (κ3) is 4.93. The Labute approximate surface area is 235 Å². The maximum atomic E-state index is 14.9. The number of amides is 1. The SMILES string of the molecule is COC(=O)/C=C1\SC(N=Nc2c(O)n3c4c(cc(F)cc24)C(CSc2ccccc2C(=O)O)=CC3(C)C)=NC1=O. The Balaban J connectivity index is 1.53. The normalized spacial score (nSPS) is 17.0. The minimum absolute atomic E-state index is 0.00986. The minimum atomic E-state index is -1.04. The predicted octanol–water partition coefficient (Wildman–Crippen LogP) is 5.88. The van der Waals surface area contributed by atoms with Gasteiger partial charge in [-0.3, -0.25) is 4.79 Å². The number of aromatic hydroxyl groups is 1. The number of rotatable bonds is 6. The average Bonchev–Trinajstić information content (AvgIpc) is 3.39. The van der Waals surface area contributed by atoms with Gasteiger partial charge in [0.25, 0.3) is 5.91 Å². The first kappa shape index (κ1) is 27.3. The highest BCUT2D eigenvalue weighted by molar-refractivity contribution is 8.18. The molecule has 3 heterocycles. The molecule has 2 aliphatic rings. The number of halogens is 1. The van der Waals surface area contributed by atoms with Crippen LogP contribution < -0.4 is 0 Å². The molecule has 40 heavy (non-hydrogen) atoms. The lowest BCUT2D eigenvalue weighted by atomic mass is 9.92. The smallest absolute Gasteiger partial charge is 0.336 e. The molecule has 2 N–H and O–H groups in total. The second-order valence-corrected chi connectivity index (χ2v) is 11.3. The topological polar surface area (TPSA) is 143 Å². The van der Waals surface area contributed by atoms with Gasteiger partial charge in [0, 0.05) is 27.7 Å². The molecule has 2 aliphatic heterocycles. The van der Waals surface area contributed by atoms with Gasteiger partial charge in [-0.1, -0.05) is 18.2 Å². The molecule has 0 saturated carbocycles. The predicted molar refractivity (Wildman–Crippen MR) is 150 cm³/mol. The van der Waals surface area contributed by atoms with Gasteiger partial charge in [0.05, 0.1) is 28.6 Å². The molecule has 2 aromatic carbocycles. The number of hydrogen-bond acceptors (Lipinski definition) is 9. The van der Waals surface area contributed by atoms with Crippen LogP contribution in [0.25, 0.3) is 16.5 Å². The van der Waals surface area contributed by atoms with Gasteiger partial charge in [-0.25, -0.2) is 14.0 Å². The number of thioether (sulfide) groups is 2. The molecular weight excluding hydrogens is 559 g/mol. The summed E-state index contributed by atoms with van der Waals surface area (Å²) in [5, 5.41) is 29.1. The Bertz CT molecular complexity index is 1740. The average molecular weight is 581 g/mol. The van der Waals surface area contributed by atoms with E-state index in [2.05, 4.69) is 20.0 Å². The monoisotopic (exact) mass is 580 g/mol. The van der Waals surface area contributed by atoms with Gasteiger partial charge in [0.1, 0.15) is 5.82 Å². The Morgan fingerprint density at radius 3 is 2.73 bits per heavy atom. The van der Waals surface area contributed by atoms with Crippen molar-refractivity contribution in [1.82, 2.24) is 4.57 Å². The van der Waals surface area contributed by atoms with Crippen molar-refractivity contribution in [3.05, 3.63) is 70.4 Å². The molecule has 10 nitrogen and oxygen atoms in total. The zero-order chi connectivity index (χ0) is 28.8. The van der Waals surface area contributed by atoms with E-state index in [0.29, 0.717) is 27.1 Å². The molecule has 0 bridgehead atoms. The van der Waals surface area contributed by atoms with Crippen molar-refractivity contribution in [3.8, 4) is 5.88 Å². The molecule has 13 heteroatoms. The molecule has 0 saturated heterocycles. The summed E-state index contributed by atoms with van der Waals surface area (Å²) in [7, 11) is 1.18. The fourth-order valence-electron chi connectivity index (χ4n) is 4.57. The van der Waals surface area contributed by atoms with Gasteiger partial charge in [-0.2, -0.15) is 4.99 Å². The van der Waals surface area contributed by atoms with E-state index >= 15 is 0 Å². The molecule has 0 spiro atoms. The van der Waals surface area contributed by atoms with Crippen LogP contribution in [0.4, 0.5) is 10.1 Å². The maximum Gasteiger partial charge on any atom is 0.336 e. The number of benzene rings is 2. The standard InChI is InChI=1S/C27H21FN4O6S2/c1-27(2)11-13(12-39-18-7-5-4-6-15(18)25(36)37)16-8-14(28)9-17-21(24(35)32(27)22(16)17)30-31-26-29-23(34)19(40-26)10-20(33)38-3/h4-11,35H,12H2,1-3H3,(H,36,37)/b19-10-,31-30?. The Morgan fingerprint density at radius 1 is 1.25 bits per heavy atom. The number of carbonyl (C=O) groups is 3. The number of aromatic nitrogens is 1. The van der Waals surface area contributed by atoms with E-state index < -0.39 is 29.2 Å². The number of allylic oxidation sites excluding steroid dienone is 1. The van der Waals surface area contributed by atoms with Crippen molar-refractivity contribution < 1.29 is 33.7 Å². The van der Waals surface area contributed by atoms with E-state index in [1.807, 2.05) is 19.9 Å². The number of carbonyl (C=O) groups excluding carboxylic acids is 2. The molecule has 0 unspecified atom stereocenters. The Kier molecular flexibility index (Phi) is 7.10. The van der Waals surface area contributed by atoms with E-state index in [1.54, 1.807) is 22.8 Å². The minimum Gasteiger partial charge on any atom is -0.493 e. The van der Waals surface area contributed by atoms with Crippen molar-refractivity contribution in [3.63, 3.8) is 0 Å². The molecule has 0 radical (unpaired) electrons. The van der Waals surface area contributed by atoms with Crippen LogP contribution in [-0.2, 0) is 19.9 Å². The maximum absolute atomic E-state index is 14.9. The first-order chi connectivity index (χ1) is 19.0. The second-order valence-electron chi connectivity index (χ2n) is 9.30. The van der Waals surface area contributed by atoms with Crippen LogP contribution in [0.1, 0.15) is 29.8 Å². The molecule has 1 aromatic heterocycles. The van der Waals surface area contributed by atoms with Crippen LogP contribution in [0.3, 0.4) is 0 Å². The lowest BCUT2D eigenvalue weighted by Crippen LogP contribution is -2.27. The number of methoxy groups -OCH3 is 1. The van der Waals surface area contributed by atoms with Gasteiger partial charge in [-0.05, 0) is 55.4 Å². The van der Waals surface area contributed by atoms with Gasteiger partial charge in [0.15, 0.2) is 5.69 Å².